The molecule has 0 saturated heterocycles. The molecule has 1 heterocycles. The maximum atomic E-state index is 14.9. The van der Waals surface area contributed by atoms with E-state index in [0.29, 0.717) is 0 Å². The lowest BCUT2D eigenvalue weighted by Gasteiger charge is -2.31. The molecule has 104 valence electrons. The van der Waals surface area contributed by atoms with E-state index in [1.54, 1.807) is 0 Å². The van der Waals surface area contributed by atoms with Gasteiger partial charge >= 0.3 is 0 Å². The van der Waals surface area contributed by atoms with E-state index in [1.807, 2.05) is 12.1 Å². The minimum Gasteiger partial charge on any atom is -0.384 e. The summed E-state index contributed by atoms with van der Waals surface area (Å²) in [4.78, 5) is 0. The first kappa shape index (κ1) is 13.0. The van der Waals surface area contributed by atoms with Crippen molar-refractivity contribution in [3.63, 3.8) is 0 Å². The fourth-order valence-electron chi connectivity index (χ4n) is 3.82. The molecule has 0 spiro atoms. The number of fused-ring (bicyclic) bond motifs is 1. The molecule has 0 radical (unpaired) electrons. The first-order chi connectivity index (χ1) is 9.29. The Morgan fingerprint density at radius 2 is 2.26 bits per heavy atom. The number of alkyl halides is 1. The van der Waals surface area contributed by atoms with Gasteiger partial charge in [-0.1, -0.05) is 44.4 Å². The highest BCUT2D eigenvalue weighted by atomic mass is 19.1. The van der Waals surface area contributed by atoms with E-state index in [-0.39, 0.29) is 5.92 Å². The third kappa shape index (κ3) is 2.50. The molecule has 2 heteroatoms. The summed E-state index contributed by atoms with van der Waals surface area (Å²) in [5.41, 5.74) is 3.30. The van der Waals surface area contributed by atoms with Crippen LogP contribution in [0.5, 0.6) is 0 Å². The third-order valence-electron chi connectivity index (χ3n) is 4.99. The maximum Gasteiger partial charge on any atom is 0.130 e. The van der Waals surface area contributed by atoms with Gasteiger partial charge in [0.25, 0.3) is 0 Å². The fourth-order valence-corrected chi connectivity index (χ4v) is 3.82. The monoisotopic (exact) mass is 261 g/mol. The molecule has 1 saturated carbocycles. The highest BCUT2D eigenvalue weighted by Crippen LogP contribution is 2.43. The molecule has 3 unspecified atom stereocenters. The average molecular weight is 261 g/mol. The van der Waals surface area contributed by atoms with E-state index in [0.717, 1.165) is 43.0 Å². The second-order valence-electron chi connectivity index (χ2n) is 6.16. The largest absolute Gasteiger partial charge is 0.384 e. The number of halogens is 1. The zero-order valence-corrected chi connectivity index (χ0v) is 11.8. The SMILES string of the molecule is CCC1CCCC(C(F)c2cccc3c2NCC3)C1. The molecule has 19 heavy (non-hydrogen) atoms. The summed E-state index contributed by atoms with van der Waals surface area (Å²) in [7, 11) is 0. The Balaban J connectivity index is 1.80. The topological polar surface area (TPSA) is 12.0 Å². The van der Waals surface area contributed by atoms with E-state index >= 15 is 0 Å². The van der Waals surface area contributed by atoms with Crippen molar-refractivity contribution in [2.45, 2.75) is 51.6 Å². The molecule has 1 aliphatic carbocycles. The van der Waals surface area contributed by atoms with Crippen molar-refractivity contribution in [2.24, 2.45) is 11.8 Å². The van der Waals surface area contributed by atoms with Crippen LogP contribution < -0.4 is 5.32 Å². The van der Waals surface area contributed by atoms with Gasteiger partial charge in [-0.2, -0.15) is 0 Å². The van der Waals surface area contributed by atoms with Gasteiger partial charge in [-0.05, 0) is 36.7 Å². The van der Waals surface area contributed by atoms with Crippen LogP contribution in [0, 0.1) is 11.8 Å². The molecule has 0 aromatic heterocycles. The van der Waals surface area contributed by atoms with Crippen LogP contribution in [0.15, 0.2) is 18.2 Å². The van der Waals surface area contributed by atoms with Crippen LogP contribution >= 0.6 is 0 Å². The van der Waals surface area contributed by atoms with Crippen molar-refractivity contribution in [1.82, 2.24) is 0 Å². The van der Waals surface area contributed by atoms with Crippen LogP contribution in [-0.4, -0.2) is 6.54 Å². The van der Waals surface area contributed by atoms with Gasteiger partial charge in [-0.15, -0.1) is 0 Å². The second-order valence-corrected chi connectivity index (χ2v) is 6.16. The highest BCUT2D eigenvalue weighted by molar-refractivity contribution is 5.62. The van der Waals surface area contributed by atoms with Crippen molar-refractivity contribution in [3.8, 4) is 0 Å². The lowest BCUT2D eigenvalue weighted by molar-refractivity contribution is 0.148. The lowest BCUT2D eigenvalue weighted by atomic mass is 9.76. The Morgan fingerprint density at radius 3 is 3.11 bits per heavy atom. The molecule has 0 bridgehead atoms. The number of anilines is 1. The second kappa shape index (κ2) is 5.52. The molecule has 1 fully saturated rings. The minimum absolute atomic E-state index is 0.229. The van der Waals surface area contributed by atoms with Crippen LogP contribution in [0.3, 0.4) is 0 Å². The van der Waals surface area contributed by atoms with Crippen molar-refractivity contribution in [2.75, 3.05) is 11.9 Å². The summed E-state index contributed by atoms with van der Waals surface area (Å²) in [5, 5.41) is 3.37. The number of benzene rings is 1. The Kier molecular flexibility index (Phi) is 3.76. The standard InChI is InChI=1S/C17H24FN/c1-2-12-5-3-7-14(11-12)16(18)15-8-4-6-13-9-10-19-17(13)15/h4,6,8,12,14,16,19H,2-3,5,7,9-11H2,1H3. The van der Waals surface area contributed by atoms with E-state index < -0.39 is 6.17 Å². The van der Waals surface area contributed by atoms with Gasteiger partial charge in [0, 0.05) is 17.8 Å². The molecule has 1 aromatic rings. The quantitative estimate of drug-likeness (QED) is 0.817. The summed E-state index contributed by atoms with van der Waals surface area (Å²) in [5.74, 6) is 0.967. The summed E-state index contributed by atoms with van der Waals surface area (Å²) < 4.78 is 14.9. The summed E-state index contributed by atoms with van der Waals surface area (Å²) in [6.45, 7) is 3.20. The van der Waals surface area contributed by atoms with Crippen LogP contribution in [0.2, 0.25) is 0 Å². The molecule has 1 aliphatic heterocycles. The zero-order valence-electron chi connectivity index (χ0n) is 11.8. The Morgan fingerprint density at radius 1 is 1.37 bits per heavy atom. The van der Waals surface area contributed by atoms with Crippen molar-refractivity contribution in [3.05, 3.63) is 29.3 Å². The van der Waals surface area contributed by atoms with Crippen LogP contribution in [0.4, 0.5) is 10.1 Å². The molecule has 3 rings (SSSR count). The van der Waals surface area contributed by atoms with Crippen molar-refractivity contribution >= 4 is 5.69 Å². The molecule has 1 nitrogen and oxygen atoms in total. The van der Waals surface area contributed by atoms with Gasteiger partial charge in [-0.25, -0.2) is 4.39 Å². The highest BCUT2D eigenvalue weighted by Gasteiger charge is 2.31. The first-order valence-electron chi connectivity index (χ1n) is 7.79. The van der Waals surface area contributed by atoms with E-state index in [9.17, 15) is 4.39 Å². The Labute approximate surface area is 115 Å². The third-order valence-corrected chi connectivity index (χ3v) is 4.99. The van der Waals surface area contributed by atoms with Gasteiger partial charge in [0.05, 0.1) is 0 Å². The number of para-hydroxylation sites is 1. The molecule has 0 amide bonds. The minimum atomic E-state index is -0.783. The van der Waals surface area contributed by atoms with Crippen molar-refractivity contribution in [1.29, 1.82) is 0 Å². The molecule has 3 atom stereocenters. The first-order valence-corrected chi connectivity index (χ1v) is 7.79. The normalized spacial score (nSPS) is 27.7. The van der Waals surface area contributed by atoms with Gasteiger partial charge in [0.1, 0.15) is 6.17 Å². The smallest absolute Gasteiger partial charge is 0.130 e. The average Bonchev–Trinajstić information content (AvgIpc) is 2.95. The molecule has 1 N–H and O–H groups in total. The predicted molar refractivity (Wildman–Crippen MR) is 78.2 cm³/mol. The van der Waals surface area contributed by atoms with Crippen LogP contribution in [0.25, 0.3) is 0 Å². The van der Waals surface area contributed by atoms with Crippen LogP contribution in [-0.2, 0) is 6.42 Å². The van der Waals surface area contributed by atoms with E-state index in [4.69, 9.17) is 0 Å². The Hall–Kier alpha value is -1.05. The molecule has 1 aromatic carbocycles. The lowest BCUT2D eigenvalue weighted by Crippen LogP contribution is -2.19. The van der Waals surface area contributed by atoms with Gasteiger partial charge < -0.3 is 5.32 Å². The molecule has 2 aliphatic rings. The van der Waals surface area contributed by atoms with Crippen LogP contribution in [0.1, 0.15) is 56.3 Å². The van der Waals surface area contributed by atoms with Gasteiger partial charge in [0.2, 0.25) is 0 Å². The van der Waals surface area contributed by atoms with E-state index in [1.165, 1.54) is 24.8 Å². The summed E-state index contributed by atoms with van der Waals surface area (Å²) in [6, 6.07) is 6.13. The molecular formula is C17H24FN. The summed E-state index contributed by atoms with van der Waals surface area (Å²) in [6.07, 6.45) is 6.08. The van der Waals surface area contributed by atoms with Crippen molar-refractivity contribution < 1.29 is 4.39 Å². The Bertz CT molecular complexity index is 443. The number of hydrogen-bond acceptors (Lipinski definition) is 1. The van der Waals surface area contributed by atoms with Gasteiger partial charge in [0.15, 0.2) is 0 Å². The number of rotatable bonds is 3. The number of nitrogens with one attached hydrogen (secondary N) is 1. The molecular weight excluding hydrogens is 237 g/mol. The zero-order chi connectivity index (χ0) is 13.2. The maximum absolute atomic E-state index is 14.9. The van der Waals surface area contributed by atoms with Gasteiger partial charge in [-0.3, -0.25) is 0 Å². The summed E-state index contributed by atoms with van der Waals surface area (Å²) >= 11 is 0. The number of hydrogen-bond donors (Lipinski definition) is 1. The predicted octanol–water partition coefficient (Wildman–Crippen LogP) is 4.88. The van der Waals surface area contributed by atoms with E-state index in [2.05, 4.69) is 18.3 Å². The fraction of sp³-hybridized carbons (Fsp3) is 0.647.